The van der Waals surface area contributed by atoms with Crippen molar-refractivity contribution in [3.63, 3.8) is 0 Å². The van der Waals surface area contributed by atoms with E-state index >= 15 is 0 Å². The highest BCUT2D eigenvalue weighted by atomic mass is 35.5. The molecule has 0 heterocycles. The highest BCUT2D eigenvalue weighted by molar-refractivity contribution is 7.99. The zero-order chi connectivity index (χ0) is 13.0. The van der Waals surface area contributed by atoms with Crippen LogP contribution in [0.2, 0.25) is 5.02 Å². The Labute approximate surface area is 117 Å². The highest BCUT2D eigenvalue weighted by Gasteiger charge is 2.20. The molecule has 1 aromatic carbocycles. The molecule has 1 nitrogen and oxygen atoms in total. The number of rotatable bonds is 4. The maximum Gasteiger partial charge on any atom is 0.123 e. The summed E-state index contributed by atoms with van der Waals surface area (Å²) in [6.45, 7) is 0.658. The molecule has 0 saturated heterocycles. The standard InChI is InChI=1S/C14H19ClFNS/c1-18-13-5-3-12(4-6-13)17-9-10-8-11(16)2-7-14(10)15/h2,7-8,12-13,17H,3-6,9H2,1H3. The van der Waals surface area contributed by atoms with Gasteiger partial charge in [-0.3, -0.25) is 0 Å². The lowest BCUT2D eigenvalue weighted by Crippen LogP contribution is -2.33. The minimum atomic E-state index is -0.220. The number of halogens is 2. The molecule has 0 bridgehead atoms. The summed E-state index contributed by atoms with van der Waals surface area (Å²) in [7, 11) is 0. The topological polar surface area (TPSA) is 12.0 Å². The second-order valence-corrected chi connectivity index (χ2v) is 6.37. The van der Waals surface area contributed by atoms with Crippen molar-refractivity contribution in [2.45, 2.75) is 43.5 Å². The van der Waals surface area contributed by atoms with Gasteiger partial charge in [0.25, 0.3) is 0 Å². The maximum atomic E-state index is 13.1. The van der Waals surface area contributed by atoms with Crippen LogP contribution in [0.25, 0.3) is 0 Å². The SMILES string of the molecule is CSC1CCC(NCc2cc(F)ccc2Cl)CC1. The smallest absolute Gasteiger partial charge is 0.123 e. The van der Waals surface area contributed by atoms with E-state index in [2.05, 4.69) is 11.6 Å². The first kappa shape index (κ1) is 14.2. The highest BCUT2D eigenvalue weighted by Crippen LogP contribution is 2.27. The molecule has 1 N–H and O–H groups in total. The van der Waals surface area contributed by atoms with Crippen LogP contribution < -0.4 is 5.32 Å². The van der Waals surface area contributed by atoms with Gasteiger partial charge in [-0.25, -0.2) is 4.39 Å². The second-order valence-electron chi connectivity index (χ2n) is 4.83. The normalized spacial score (nSPS) is 24.2. The van der Waals surface area contributed by atoms with Crippen LogP contribution in [0, 0.1) is 5.82 Å². The van der Waals surface area contributed by atoms with Gasteiger partial charge in [0.1, 0.15) is 5.82 Å². The Morgan fingerprint density at radius 3 is 2.72 bits per heavy atom. The van der Waals surface area contributed by atoms with Crippen LogP contribution in [0.5, 0.6) is 0 Å². The molecule has 18 heavy (non-hydrogen) atoms. The number of benzene rings is 1. The van der Waals surface area contributed by atoms with Crippen molar-refractivity contribution in [3.05, 3.63) is 34.6 Å². The monoisotopic (exact) mass is 287 g/mol. The lowest BCUT2D eigenvalue weighted by molar-refractivity contribution is 0.378. The van der Waals surface area contributed by atoms with Crippen LogP contribution in [0.15, 0.2) is 18.2 Å². The molecule has 0 radical (unpaired) electrons. The van der Waals surface area contributed by atoms with Gasteiger partial charge < -0.3 is 5.32 Å². The zero-order valence-electron chi connectivity index (χ0n) is 10.6. The molecule has 1 saturated carbocycles. The van der Waals surface area contributed by atoms with Crippen molar-refractivity contribution in [3.8, 4) is 0 Å². The Balaban J connectivity index is 1.83. The summed E-state index contributed by atoms with van der Waals surface area (Å²) in [4.78, 5) is 0. The third-order valence-electron chi connectivity index (χ3n) is 3.60. The number of nitrogens with one attached hydrogen (secondary N) is 1. The summed E-state index contributed by atoms with van der Waals surface area (Å²) in [5.41, 5.74) is 0.851. The molecule has 1 aromatic rings. The Bertz CT molecular complexity index is 391. The third-order valence-corrected chi connectivity index (χ3v) is 5.10. The van der Waals surface area contributed by atoms with E-state index in [0.29, 0.717) is 17.6 Å². The van der Waals surface area contributed by atoms with E-state index in [0.717, 1.165) is 10.8 Å². The first-order chi connectivity index (χ1) is 8.69. The molecular weight excluding hydrogens is 269 g/mol. The zero-order valence-corrected chi connectivity index (χ0v) is 12.2. The molecule has 1 aliphatic carbocycles. The van der Waals surface area contributed by atoms with Crippen molar-refractivity contribution in [1.29, 1.82) is 0 Å². The average Bonchev–Trinajstić information content (AvgIpc) is 2.40. The van der Waals surface area contributed by atoms with E-state index in [9.17, 15) is 4.39 Å². The van der Waals surface area contributed by atoms with Crippen LogP contribution in [-0.4, -0.2) is 17.5 Å². The lowest BCUT2D eigenvalue weighted by Gasteiger charge is -2.28. The Kier molecular flexibility index (Phi) is 5.34. The fourth-order valence-corrected chi connectivity index (χ4v) is 3.36. The molecule has 0 spiro atoms. The average molecular weight is 288 g/mol. The first-order valence-corrected chi connectivity index (χ1v) is 8.05. The molecule has 1 aliphatic rings. The van der Waals surface area contributed by atoms with Gasteiger partial charge >= 0.3 is 0 Å². The molecule has 0 atom stereocenters. The van der Waals surface area contributed by atoms with Crippen LogP contribution in [0.3, 0.4) is 0 Å². The number of hydrogen-bond acceptors (Lipinski definition) is 2. The predicted molar refractivity (Wildman–Crippen MR) is 77.8 cm³/mol. The van der Waals surface area contributed by atoms with Crippen LogP contribution in [-0.2, 0) is 6.54 Å². The van der Waals surface area contributed by atoms with Crippen molar-refractivity contribution in [2.75, 3.05) is 6.26 Å². The molecule has 1 fully saturated rings. The van der Waals surface area contributed by atoms with E-state index in [1.165, 1.54) is 37.8 Å². The fourth-order valence-electron chi connectivity index (χ4n) is 2.44. The minimum Gasteiger partial charge on any atom is -0.310 e. The van der Waals surface area contributed by atoms with Gasteiger partial charge in [0.2, 0.25) is 0 Å². The Morgan fingerprint density at radius 2 is 2.06 bits per heavy atom. The van der Waals surface area contributed by atoms with E-state index in [4.69, 9.17) is 11.6 Å². The van der Waals surface area contributed by atoms with Gasteiger partial charge in [-0.05, 0) is 55.7 Å². The molecular formula is C14H19ClFNS. The largest absolute Gasteiger partial charge is 0.310 e. The lowest BCUT2D eigenvalue weighted by atomic mass is 9.95. The van der Waals surface area contributed by atoms with Gasteiger partial charge in [0.15, 0.2) is 0 Å². The molecule has 4 heteroatoms. The van der Waals surface area contributed by atoms with E-state index < -0.39 is 0 Å². The van der Waals surface area contributed by atoms with Gasteiger partial charge in [-0.15, -0.1) is 0 Å². The van der Waals surface area contributed by atoms with E-state index in [1.807, 2.05) is 11.8 Å². The summed E-state index contributed by atoms with van der Waals surface area (Å²) in [5, 5.41) is 4.95. The van der Waals surface area contributed by atoms with Crippen LogP contribution in [0.1, 0.15) is 31.2 Å². The number of hydrogen-bond donors (Lipinski definition) is 1. The Morgan fingerprint density at radius 1 is 1.33 bits per heavy atom. The van der Waals surface area contributed by atoms with Crippen molar-refractivity contribution in [2.24, 2.45) is 0 Å². The number of thioether (sulfide) groups is 1. The van der Waals surface area contributed by atoms with Crippen molar-refractivity contribution >= 4 is 23.4 Å². The maximum absolute atomic E-state index is 13.1. The summed E-state index contributed by atoms with van der Waals surface area (Å²) < 4.78 is 13.1. The molecule has 0 aliphatic heterocycles. The summed E-state index contributed by atoms with van der Waals surface area (Å²) in [6.07, 6.45) is 7.15. The molecule has 100 valence electrons. The molecule has 0 unspecified atom stereocenters. The van der Waals surface area contributed by atoms with Gasteiger partial charge in [-0.1, -0.05) is 11.6 Å². The molecule has 2 rings (SSSR count). The van der Waals surface area contributed by atoms with Crippen LogP contribution >= 0.6 is 23.4 Å². The summed E-state index contributed by atoms with van der Waals surface area (Å²) >= 11 is 8.02. The van der Waals surface area contributed by atoms with E-state index in [1.54, 1.807) is 6.07 Å². The van der Waals surface area contributed by atoms with Gasteiger partial charge in [0, 0.05) is 22.9 Å². The van der Waals surface area contributed by atoms with E-state index in [-0.39, 0.29) is 5.82 Å². The minimum absolute atomic E-state index is 0.220. The van der Waals surface area contributed by atoms with Crippen molar-refractivity contribution in [1.82, 2.24) is 5.32 Å². The van der Waals surface area contributed by atoms with Gasteiger partial charge in [0.05, 0.1) is 0 Å². The Hall–Kier alpha value is -0.250. The second kappa shape index (κ2) is 6.78. The van der Waals surface area contributed by atoms with Crippen LogP contribution in [0.4, 0.5) is 4.39 Å². The quantitative estimate of drug-likeness (QED) is 0.889. The summed E-state index contributed by atoms with van der Waals surface area (Å²) in [5.74, 6) is -0.220. The molecule has 0 aromatic heterocycles. The fraction of sp³-hybridized carbons (Fsp3) is 0.571. The summed E-state index contributed by atoms with van der Waals surface area (Å²) in [6, 6.07) is 5.09. The van der Waals surface area contributed by atoms with Gasteiger partial charge in [-0.2, -0.15) is 11.8 Å². The molecule has 0 amide bonds. The first-order valence-electron chi connectivity index (χ1n) is 6.39. The third kappa shape index (κ3) is 3.87. The van der Waals surface area contributed by atoms with Crippen molar-refractivity contribution < 1.29 is 4.39 Å². The predicted octanol–water partition coefficient (Wildman–Crippen LogP) is 4.24.